The minimum atomic E-state index is 0.0549. The molecule has 2 heterocycles. The molecule has 4 rings (SSSR count). The predicted molar refractivity (Wildman–Crippen MR) is 71.3 cm³/mol. The minimum Gasteiger partial charge on any atom is -0.365 e. The lowest BCUT2D eigenvalue weighted by atomic mass is 9.68. The van der Waals surface area contributed by atoms with E-state index in [-0.39, 0.29) is 22.0 Å². The average Bonchev–Trinajstić information content (AvgIpc) is 3.12. The molecule has 0 radical (unpaired) electrons. The van der Waals surface area contributed by atoms with Gasteiger partial charge in [-0.25, -0.2) is 0 Å². The van der Waals surface area contributed by atoms with Crippen molar-refractivity contribution in [3.8, 4) is 0 Å². The van der Waals surface area contributed by atoms with E-state index in [4.69, 9.17) is 32.7 Å². The van der Waals surface area contributed by atoms with Crippen LogP contribution in [0, 0.1) is 11.8 Å². The molecular weight excluding hydrogens is 271 g/mol. The summed E-state index contributed by atoms with van der Waals surface area (Å²) in [5.41, 5.74) is 0.110. The van der Waals surface area contributed by atoms with Gasteiger partial charge in [0.1, 0.15) is 12.2 Å². The van der Waals surface area contributed by atoms with Gasteiger partial charge in [0.25, 0.3) is 0 Å². The number of hydrogen-bond donors (Lipinski definition) is 0. The highest BCUT2D eigenvalue weighted by Gasteiger charge is 2.64. The summed E-state index contributed by atoms with van der Waals surface area (Å²) >= 11 is 12.9. The van der Waals surface area contributed by atoms with E-state index in [1.54, 1.807) is 0 Å². The Kier molecular flexibility index (Phi) is 2.44. The maximum absolute atomic E-state index is 6.44. The van der Waals surface area contributed by atoms with Gasteiger partial charge in [-0.2, -0.15) is 0 Å². The first-order chi connectivity index (χ1) is 8.41. The lowest BCUT2D eigenvalue weighted by molar-refractivity contribution is 0.166. The molecule has 2 nitrogen and oxygen atoms in total. The first-order valence-electron chi connectivity index (χ1n) is 7.05. The standard InChI is InChI=1S/C14H20Cl2O2/c1-13-5-7(3-9(15)11(13)17-13)8-4-10(16)12-14(2,6-8)18-12/h7-12H,3-6H2,1-2H3. The number of hydrogen-bond acceptors (Lipinski definition) is 2. The van der Waals surface area contributed by atoms with E-state index in [0.29, 0.717) is 24.0 Å². The zero-order valence-corrected chi connectivity index (χ0v) is 12.4. The van der Waals surface area contributed by atoms with Crippen LogP contribution in [0.2, 0.25) is 0 Å². The Morgan fingerprint density at radius 2 is 1.22 bits per heavy atom. The second-order valence-corrected chi connectivity index (χ2v) is 8.26. The molecule has 2 aliphatic carbocycles. The Labute approximate surface area is 118 Å². The van der Waals surface area contributed by atoms with Gasteiger partial charge in [0.2, 0.25) is 0 Å². The van der Waals surface area contributed by atoms with Crippen LogP contribution in [0.25, 0.3) is 0 Å². The van der Waals surface area contributed by atoms with Gasteiger partial charge in [0, 0.05) is 0 Å². The molecule has 102 valence electrons. The van der Waals surface area contributed by atoms with E-state index < -0.39 is 0 Å². The Bertz CT molecular complexity index is 354. The average molecular weight is 291 g/mol. The third kappa shape index (κ3) is 1.69. The molecule has 0 bridgehead atoms. The lowest BCUT2D eigenvalue weighted by Crippen LogP contribution is -2.39. The van der Waals surface area contributed by atoms with Crippen molar-refractivity contribution in [3.05, 3.63) is 0 Å². The van der Waals surface area contributed by atoms with Crippen molar-refractivity contribution in [1.29, 1.82) is 0 Å². The van der Waals surface area contributed by atoms with E-state index in [1.807, 2.05) is 0 Å². The topological polar surface area (TPSA) is 25.1 Å². The molecule has 4 aliphatic rings. The Balaban J connectivity index is 1.50. The van der Waals surface area contributed by atoms with Gasteiger partial charge in [-0.3, -0.25) is 0 Å². The third-order valence-electron chi connectivity index (χ3n) is 5.60. The second kappa shape index (κ2) is 3.58. The Morgan fingerprint density at radius 3 is 1.56 bits per heavy atom. The van der Waals surface area contributed by atoms with Crippen LogP contribution in [-0.4, -0.2) is 34.2 Å². The second-order valence-electron chi connectivity index (χ2n) is 7.13. The molecule has 2 saturated heterocycles. The molecule has 0 spiro atoms. The summed E-state index contributed by atoms with van der Waals surface area (Å²) in [5, 5.41) is 0.376. The maximum atomic E-state index is 6.44. The molecular formula is C14H20Cl2O2. The Hall–Kier alpha value is 0.500. The Morgan fingerprint density at radius 1 is 0.833 bits per heavy atom. The van der Waals surface area contributed by atoms with Crippen molar-refractivity contribution in [2.75, 3.05) is 0 Å². The van der Waals surface area contributed by atoms with Gasteiger partial charge in [-0.1, -0.05) is 0 Å². The molecule has 0 aromatic heterocycles. The molecule has 8 unspecified atom stereocenters. The summed E-state index contributed by atoms with van der Waals surface area (Å²) in [5.74, 6) is 1.30. The molecule has 0 aromatic rings. The van der Waals surface area contributed by atoms with Crippen LogP contribution in [0.3, 0.4) is 0 Å². The number of alkyl halides is 2. The van der Waals surface area contributed by atoms with Crippen molar-refractivity contribution in [1.82, 2.24) is 0 Å². The minimum absolute atomic E-state index is 0.0549. The highest BCUT2D eigenvalue weighted by Crippen LogP contribution is 2.58. The van der Waals surface area contributed by atoms with E-state index in [2.05, 4.69) is 13.8 Å². The highest BCUT2D eigenvalue weighted by atomic mass is 35.5. The summed E-state index contributed by atoms with van der Waals surface area (Å²) in [4.78, 5) is 0. The summed E-state index contributed by atoms with van der Waals surface area (Å²) < 4.78 is 11.6. The lowest BCUT2D eigenvalue weighted by Gasteiger charge is -2.37. The van der Waals surface area contributed by atoms with Gasteiger partial charge in [0.15, 0.2) is 0 Å². The number of fused-ring (bicyclic) bond motifs is 2. The van der Waals surface area contributed by atoms with E-state index in [1.165, 1.54) is 0 Å². The predicted octanol–water partition coefficient (Wildman–Crippen LogP) is 3.34. The summed E-state index contributed by atoms with van der Waals surface area (Å²) in [7, 11) is 0. The molecule has 2 saturated carbocycles. The largest absolute Gasteiger partial charge is 0.365 e. The maximum Gasteiger partial charge on any atom is 0.103 e. The molecule has 18 heavy (non-hydrogen) atoms. The zero-order chi connectivity index (χ0) is 12.7. The van der Waals surface area contributed by atoms with Crippen LogP contribution >= 0.6 is 23.2 Å². The molecule has 0 amide bonds. The number of rotatable bonds is 1. The first kappa shape index (κ1) is 12.3. The van der Waals surface area contributed by atoms with Crippen molar-refractivity contribution >= 4 is 23.2 Å². The van der Waals surface area contributed by atoms with Crippen LogP contribution in [0.15, 0.2) is 0 Å². The highest BCUT2D eigenvalue weighted by molar-refractivity contribution is 6.21. The molecule has 8 atom stereocenters. The summed E-state index contributed by atoms with van der Waals surface area (Å²) in [6.07, 6.45) is 5.05. The van der Waals surface area contributed by atoms with Gasteiger partial charge in [-0.05, 0) is 51.4 Å². The zero-order valence-electron chi connectivity index (χ0n) is 10.9. The molecule has 0 aromatic carbocycles. The van der Waals surface area contributed by atoms with Crippen molar-refractivity contribution in [2.45, 2.75) is 73.7 Å². The quantitative estimate of drug-likeness (QED) is 0.547. The first-order valence-corrected chi connectivity index (χ1v) is 7.92. The van der Waals surface area contributed by atoms with Crippen molar-refractivity contribution in [3.63, 3.8) is 0 Å². The van der Waals surface area contributed by atoms with Crippen LogP contribution in [0.5, 0.6) is 0 Å². The number of halogens is 2. The molecule has 4 fully saturated rings. The van der Waals surface area contributed by atoms with E-state index >= 15 is 0 Å². The van der Waals surface area contributed by atoms with Crippen LogP contribution in [-0.2, 0) is 9.47 Å². The molecule has 2 aliphatic heterocycles. The molecule has 4 heteroatoms. The van der Waals surface area contributed by atoms with Gasteiger partial charge in [0.05, 0.1) is 22.0 Å². The number of epoxide rings is 2. The van der Waals surface area contributed by atoms with Gasteiger partial charge in [-0.15, -0.1) is 23.2 Å². The normalized spacial score (nSPS) is 66.0. The van der Waals surface area contributed by atoms with Crippen LogP contribution in [0.1, 0.15) is 39.5 Å². The van der Waals surface area contributed by atoms with Crippen molar-refractivity contribution in [2.24, 2.45) is 11.8 Å². The van der Waals surface area contributed by atoms with Crippen LogP contribution < -0.4 is 0 Å². The van der Waals surface area contributed by atoms with Crippen molar-refractivity contribution < 1.29 is 9.47 Å². The fourth-order valence-electron chi connectivity index (χ4n) is 4.51. The van der Waals surface area contributed by atoms with E-state index in [9.17, 15) is 0 Å². The fourth-order valence-corrected chi connectivity index (χ4v) is 5.60. The number of ether oxygens (including phenoxy) is 2. The van der Waals surface area contributed by atoms with Gasteiger partial charge < -0.3 is 9.47 Å². The SMILES string of the molecule is CC12CC(C3CC(Cl)C4OC4(C)C3)CC(Cl)C1O2. The monoisotopic (exact) mass is 290 g/mol. The fraction of sp³-hybridized carbons (Fsp3) is 1.00. The molecule has 0 N–H and O–H groups in total. The summed E-state index contributed by atoms with van der Waals surface area (Å²) in [6, 6.07) is 0. The van der Waals surface area contributed by atoms with E-state index in [0.717, 1.165) is 25.7 Å². The third-order valence-corrected chi connectivity index (χ3v) is 6.41. The summed E-state index contributed by atoms with van der Waals surface area (Å²) in [6.45, 7) is 4.41. The van der Waals surface area contributed by atoms with Gasteiger partial charge >= 0.3 is 0 Å². The van der Waals surface area contributed by atoms with Crippen LogP contribution in [0.4, 0.5) is 0 Å². The smallest absolute Gasteiger partial charge is 0.103 e.